The summed E-state index contributed by atoms with van der Waals surface area (Å²) in [5.41, 5.74) is 3.51. The van der Waals surface area contributed by atoms with Crippen LogP contribution in [0.2, 0.25) is 0 Å². The van der Waals surface area contributed by atoms with Crippen LogP contribution in [0.25, 0.3) is 11.3 Å². The van der Waals surface area contributed by atoms with E-state index >= 15 is 0 Å². The summed E-state index contributed by atoms with van der Waals surface area (Å²) in [6.45, 7) is 11.6. The lowest BCUT2D eigenvalue weighted by Crippen LogP contribution is -2.64. The van der Waals surface area contributed by atoms with Crippen molar-refractivity contribution in [3.8, 4) is 17.0 Å². The quantitative estimate of drug-likeness (QED) is 0.117. The van der Waals surface area contributed by atoms with Crippen LogP contribution in [0.5, 0.6) is 5.75 Å². The van der Waals surface area contributed by atoms with E-state index < -0.39 is 77.8 Å². The van der Waals surface area contributed by atoms with E-state index in [1.165, 1.54) is 19.1 Å². The number of fused-ring (bicyclic) bond motifs is 3. The Hall–Kier alpha value is -4.29. The molecule has 6 rings (SSSR count). The summed E-state index contributed by atoms with van der Waals surface area (Å²) in [4.78, 5) is 66.5. The molecule has 1 saturated carbocycles. The Morgan fingerprint density at radius 3 is 2.29 bits per heavy atom. The number of amides is 1. The molecule has 0 spiro atoms. The number of nitrogens with one attached hydrogen (secondary N) is 1. The lowest BCUT2D eigenvalue weighted by atomic mass is 9.81. The van der Waals surface area contributed by atoms with Crippen molar-refractivity contribution in [1.29, 1.82) is 0 Å². The van der Waals surface area contributed by atoms with Crippen LogP contribution in [0.15, 0.2) is 53.8 Å². The first-order valence-corrected chi connectivity index (χ1v) is 25.4. The Morgan fingerprint density at radius 1 is 0.914 bits per heavy atom. The van der Waals surface area contributed by atoms with E-state index in [2.05, 4.69) is 23.0 Å². The molecule has 388 valence electrons. The molecule has 0 radical (unpaired) electrons. The van der Waals surface area contributed by atoms with Gasteiger partial charge in [-0.2, -0.15) is 0 Å². The second-order valence-electron chi connectivity index (χ2n) is 20.4. The maximum atomic E-state index is 14.6. The number of aliphatic hydroxyl groups is 2. The number of benzene rings is 1. The summed E-state index contributed by atoms with van der Waals surface area (Å²) < 4.78 is 42.2. The summed E-state index contributed by atoms with van der Waals surface area (Å²) in [5, 5.41) is 24.0. The Kier molecular flexibility index (Phi) is 19.6. The molecular formula is C54H79N3O13. The van der Waals surface area contributed by atoms with Gasteiger partial charge in [0.15, 0.2) is 0 Å². The number of aromatic amines is 1. The lowest BCUT2D eigenvalue weighted by Gasteiger charge is -2.47. The van der Waals surface area contributed by atoms with Crippen LogP contribution in [0.1, 0.15) is 118 Å². The van der Waals surface area contributed by atoms with Crippen LogP contribution >= 0.6 is 0 Å². The molecule has 16 heteroatoms. The summed E-state index contributed by atoms with van der Waals surface area (Å²) >= 11 is 0. The van der Waals surface area contributed by atoms with Crippen molar-refractivity contribution in [2.75, 3.05) is 35.0 Å². The number of Topliss-reactive ketones (excluding diaryl/α,β-unsaturated/α-hetero) is 2. The molecular weight excluding hydrogens is 899 g/mol. The summed E-state index contributed by atoms with van der Waals surface area (Å²) in [7, 11) is 6.37. The number of ether oxygens (including phenoxy) is 7. The van der Waals surface area contributed by atoms with Gasteiger partial charge in [0.1, 0.15) is 42.2 Å². The maximum Gasteiger partial charge on any atom is 0.329 e. The topological polar surface area (TPSA) is 205 Å². The van der Waals surface area contributed by atoms with E-state index in [1.807, 2.05) is 51.1 Å². The number of esters is 1. The number of imidazole rings is 1. The normalized spacial score (nSPS) is 35.5. The van der Waals surface area contributed by atoms with Crippen molar-refractivity contribution in [2.24, 2.45) is 29.6 Å². The first-order chi connectivity index (χ1) is 33.4. The number of hydrogen-bond donors (Lipinski definition) is 3. The van der Waals surface area contributed by atoms with Gasteiger partial charge in [0.2, 0.25) is 5.79 Å². The third-order valence-corrected chi connectivity index (χ3v) is 15.3. The largest absolute Gasteiger partial charge is 0.497 e. The average molecular weight is 978 g/mol. The number of ketones is 2. The van der Waals surface area contributed by atoms with Crippen molar-refractivity contribution in [2.45, 2.75) is 173 Å². The van der Waals surface area contributed by atoms with E-state index in [1.54, 1.807) is 34.3 Å². The van der Waals surface area contributed by atoms with Crippen LogP contribution in [0.4, 0.5) is 0 Å². The monoisotopic (exact) mass is 978 g/mol. The molecule has 2 aromatic rings. The van der Waals surface area contributed by atoms with E-state index in [0.29, 0.717) is 56.3 Å². The molecule has 70 heavy (non-hydrogen) atoms. The van der Waals surface area contributed by atoms with Crippen LogP contribution in [-0.4, -0.2) is 138 Å². The molecule has 1 amide bonds. The van der Waals surface area contributed by atoms with Gasteiger partial charge in [-0.25, -0.2) is 9.78 Å². The molecule has 0 unspecified atom stereocenters. The molecule has 2 bridgehead atoms. The van der Waals surface area contributed by atoms with Crippen molar-refractivity contribution < 1.29 is 62.5 Å². The molecule has 4 aliphatic rings. The molecule has 4 heterocycles. The summed E-state index contributed by atoms with van der Waals surface area (Å²) in [6.07, 6.45) is 6.16. The number of carbonyl (C=O) groups excluding carboxylic acids is 4. The van der Waals surface area contributed by atoms with Crippen molar-refractivity contribution in [3.05, 3.63) is 59.6 Å². The number of piperidine rings is 1. The second kappa shape index (κ2) is 24.9. The van der Waals surface area contributed by atoms with Crippen LogP contribution in [0.3, 0.4) is 0 Å². The number of rotatable bonds is 11. The number of aromatic nitrogens is 2. The van der Waals surface area contributed by atoms with E-state index in [4.69, 9.17) is 33.2 Å². The molecule has 1 aromatic heterocycles. The molecule has 16 nitrogen and oxygen atoms in total. The highest BCUT2D eigenvalue weighted by Gasteiger charge is 2.56. The molecule has 3 fully saturated rings. The van der Waals surface area contributed by atoms with Gasteiger partial charge in [0, 0.05) is 52.0 Å². The highest BCUT2D eigenvalue weighted by Crippen LogP contribution is 2.40. The smallest absolute Gasteiger partial charge is 0.329 e. The average Bonchev–Trinajstić information content (AvgIpc) is 3.84. The van der Waals surface area contributed by atoms with E-state index in [9.17, 15) is 29.4 Å². The zero-order chi connectivity index (χ0) is 50.9. The molecule has 1 aromatic carbocycles. The predicted octanol–water partition coefficient (Wildman–Crippen LogP) is 7.10. The van der Waals surface area contributed by atoms with Gasteiger partial charge in [0.05, 0.1) is 49.5 Å². The highest BCUT2D eigenvalue weighted by molar-refractivity contribution is 6.39. The number of cyclic esters (lactones) is 1. The Morgan fingerprint density at radius 2 is 1.61 bits per heavy atom. The number of carbonyl (C=O) groups is 4. The maximum absolute atomic E-state index is 14.6. The third kappa shape index (κ3) is 13.0. The van der Waals surface area contributed by atoms with Crippen LogP contribution in [-0.2, 0) is 54.2 Å². The zero-order valence-corrected chi connectivity index (χ0v) is 43.0. The number of methoxy groups -OCH3 is 4. The Balaban J connectivity index is 1.25. The lowest BCUT2D eigenvalue weighted by molar-refractivity contribution is -0.302. The fourth-order valence-corrected chi connectivity index (χ4v) is 11.1. The van der Waals surface area contributed by atoms with Gasteiger partial charge < -0.3 is 53.3 Å². The van der Waals surface area contributed by atoms with Crippen LogP contribution < -0.4 is 4.74 Å². The first kappa shape index (κ1) is 55.0. The fourth-order valence-electron chi connectivity index (χ4n) is 11.1. The minimum absolute atomic E-state index is 0.00674. The predicted molar refractivity (Wildman–Crippen MR) is 261 cm³/mol. The number of nitrogens with zero attached hydrogens (tertiary/aromatic N) is 2. The van der Waals surface area contributed by atoms with Gasteiger partial charge in [-0.05, 0) is 125 Å². The van der Waals surface area contributed by atoms with Gasteiger partial charge in [-0.1, -0.05) is 45.4 Å². The minimum Gasteiger partial charge on any atom is -0.497 e. The summed E-state index contributed by atoms with van der Waals surface area (Å²) in [5.74, 6) is -6.13. The molecule has 3 aliphatic heterocycles. The van der Waals surface area contributed by atoms with Gasteiger partial charge in [0.25, 0.3) is 11.7 Å². The SMILES string of the molecule is CC[C@@H]1/C=C(\C)C[C@H](C)C[C@H](OC)[C@H]2O[C@@](O)(C(=O)C(=O)N3CCCC[C@H]3C(=O)O[C@H](/C(C)=C/[C@@H]3CC[C@@H](OCc4ncc(-c5ccc(OC)cc5)[nH]4)[C@H](OC)C3)[C@H](C)[C@@H](O)CC1=O)[C@H](C)C[C@@H]2OC. The van der Waals surface area contributed by atoms with E-state index in [-0.39, 0.29) is 62.2 Å². The second-order valence-corrected chi connectivity index (χ2v) is 20.4. The van der Waals surface area contributed by atoms with Crippen molar-refractivity contribution in [3.63, 3.8) is 0 Å². The molecule has 2 saturated heterocycles. The summed E-state index contributed by atoms with van der Waals surface area (Å²) in [6, 6.07) is 6.57. The Bertz CT molecular complexity index is 2140. The van der Waals surface area contributed by atoms with E-state index in [0.717, 1.165) is 29.0 Å². The molecule has 3 N–H and O–H groups in total. The number of aliphatic hydroxyl groups excluding tert-OH is 1. The van der Waals surface area contributed by atoms with Gasteiger partial charge >= 0.3 is 5.97 Å². The van der Waals surface area contributed by atoms with Crippen molar-refractivity contribution >= 4 is 23.4 Å². The van der Waals surface area contributed by atoms with Crippen molar-refractivity contribution in [1.82, 2.24) is 14.9 Å². The van der Waals surface area contributed by atoms with Gasteiger partial charge in [-0.3, -0.25) is 14.4 Å². The fraction of sp³-hybridized carbons (Fsp3) is 0.685. The van der Waals surface area contributed by atoms with Gasteiger partial charge in [-0.15, -0.1) is 0 Å². The first-order valence-electron chi connectivity index (χ1n) is 25.4. The molecule has 14 atom stereocenters. The minimum atomic E-state index is -2.52. The Labute approximate surface area is 414 Å². The van der Waals surface area contributed by atoms with Crippen LogP contribution in [0, 0.1) is 29.6 Å². The number of hydrogen-bond acceptors (Lipinski definition) is 14. The highest BCUT2D eigenvalue weighted by atomic mass is 16.7. The molecule has 1 aliphatic carbocycles. The number of H-pyrrole nitrogens is 1. The standard InChI is InChI=1S/C54H79N3O13/c1-11-37-23-31(2)22-32(3)24-46(66-9)50-47(67-10)26-34(5)54(63,70-50)51(60)52(61)57-21-13-12-14-41(57)53(62)69-49(35(6)42(58)28-43(37)59)33(4)25-36-15-20-44(45(27-36)65-8)68-30-48-55-29-40(56-48)38-16-18-39(64-7)19-17-38/h16-19,23,25,29,32,34-37,41-42,44-47,49-50,58,63H,11-15,20-22,24,26-28,30H2,1-10H3,(H,55,56)/b31-23+,33-25+/t32-,34+,35+,36-,37+,41-,42-,44+,45+,46-,47-,49+,50+,54+/m0/s1. The number of allylic oxidation sites excluding steroid dienone is 3. The third-order valence-electron chi connectivity index (χ3n) is 15.3. The zero-order valence-electron chi connectivity index (χ0n) is 43.0.